The van der Waals surface area contributed by atoms with Crippen molar-refractivity contribution < 1.29 is 14.3 Å². The van der Waals surface area contributed by atoms with E-state index >= 15 is 0 Å². The molecule has 6 nitrogen and oxygen atoms in total. The van der Waals surface area contributed by atoms with E-state index in [-0.39, 0.29) is 5.97 Å². The van der Waals surface area contributed by atoms with E-state index in [0.29, 0.717) is 11.3 Å². The number of hydrogen-bond acceptors (Lipinski definition) is 8. The summed E-state index contributed by atoms with van der Waals surface area (Å²) in [5.41, 5.74) is 2.37. The lowest BCUT2D eigenvalue weighted by Gasteiger charge is -2.16. The zero-order valence-electron chi connectivity index (χ0n) is 12.5. The van der Waals surface area contributed by atoms with E-state index < -0.39 is 0 Å². The fourth-order valence-corrected chi connectivity index (χ4v) is 4.65. The first-order valence-electron chi connectivity index (χ1n) is 6.69. The molecular formula is C14H14BrN3O3S2. The Hall–Kier alpha value is -1.29. The number of nitrogens with zero attached hydrogens (tertiary/aromatic N) is 2. The Morgan fingerprint density at radius 2 is 2.26 bits per heavy atom. The van der Waals surface area contributed by atoms with Crippen LogP contribution in [-0.4, -0.2) is 29.5 Å². The second kappa shape index (κ2) is 7.08. The van der Waals surface area contributed by atoms with E-state index in [2.05, 4.69) is 29.9 Å². The number of esters is 1. The van der Waals surface area contributed by atoms with Crippen LogP contribution >= 0.6 is 39.4 Å². The van der Waals surface area contributed by atoms with Gasteiger partial charge < -0.3 is 14.2 Å². The summed E-state index contributed by atoms with van der Waals surface area (Å²) in [5, 5.41) is 0. The van der Waals surface area contributed by atoms with Gasteiger partial charge in [0, 0.05) is 23.6 Å². The largest absolute Gasteiger partial charge is 0.495 e. The van der Waals surface area contributed by atoms with Crippen LogP contribution in [0.15, 0.2) is 22.1 Å². The van der Waals surface area contributed by atoms with Gasteiger partial charge >= 0.3 is 5.97 Å². The maximum atomic E-state index is 11.6. The lowest BCUT2D eigenvalue weighted by atomic mass is 10.2. The van der Waals surface area contributed by atoms with E-state index in [4.69, 9.17) is 9.47 Å². The highest BCUT2D eigenvalue weighted by molar-refractivity contribution is 9.11. The van der Waals surface area contributed by atoms with Gasteiger partial charge in [-0.3, -0.25) is 0 Å². The van der Waals surface area contributed by atoms with Gasteiger partial charge in [0.15, 0.2) is 3.92 Å². The SMILES string of the molecule is COC(=O)c1ccc(NSN2Cc3nc(Br)sc3C2)c(OC)c1. The molecule has 2 aromatic rings. The van der Waals surface area contributed by atoms with Crippen molar-refractivity contribution in [3.63, 3.8) is 0 Å². The standard InChI is InChI=1S/C14H14BrN3O3S2/c1-20-11-5-8(13(19)21-2)3-4-9(11)17-23-18-6-10-12(7-18)22-14(15)16-10/h3-5,17H,6-7H2,1-2H3. The van der Waals surface area contributed by atoms with Gasteiger partial charge in [-0.05, 0) is 34.1 Å². The van der Waals surface area contributed by atoms with Crippen molar-refractivity contribution in [2.45, 2.75) is 13.1 Å². The van der Waals surface area contributed by atoms with E-state index in [1.165, 1.54) is 24.1 Å². The summed E-state index contributed by atoms with van der Waals surface area (Å²) in [6.45, 7) is 1.64. The van der Waals surface area contributed by atoms with Crippen LogP contribution in [0.2, 0.25) is 0 Å². The number of carbonyl (C=O) groups excluding carboxylic acids is 1. The topological polar surface area (TPSA) is 63.7 Å². The number of benzene rings is 1. The summed E-state index contributed by atoms with van der Waals surface area (Å²) in [4.78, 5) is 17.3. The Morgan fingerprint density at radius 3 is 2.96 bits per heavy atom. The third kappa shape index (κ3) is 3.63. The van der Waals surface area contributed by atoms with Gasteiger partial charge in [0.1, 0.15) is 5.75 Å². The Labute approximate surface area is 150 Å². The molecule has 122 valence electrons. The van der Waals surface area contributed by atoms with Crippen LogP contribution in [0.3, 0.4) is 0 Å². The van der Waals surface area contributed by atoms with Crippen LogP contribution in [0.5, 0.6) is 5.75 Å². The van der Waals surface area contributed by atoms with Crippen molar-refractivity contribution in [3.8, 4) is 5.75 Å². The smallest absolute Gasteiger partial charge is 0.337 e. The van der Waals surface area contributed by atoms with Gasteiger partial charge in [-0.2, -0.15) is 0 Å². The molecule has 0 atom stereocenters. The fourth-order valence-electron chi connectivity index (χ4n) is 2.18. The van der Waals surface area contributed by atoms with Crippen LogP contribution in [-0.2, 0) is 17.8 Å². The first-order chi connectivity index (χ1) is 11.1. The Balaban J connectivity index is 1.64. The van der Waals surface area contributed by atoms with E-state index in [1.54, 1.807) is 36.6 Å². The number of aromatic nitrogens is 1. The molecule has 0 saturated heterocycles. The van der Waals surface area contributed by atoms with Gasteiger partial charge in [0.25, 0.3) is 0 Å². The second-order valence-electron chi connectivity index (χ2n) is 4.73. The highest BCUT2D eigenvalue weighted by Gasteiger charge is 2.24. The number of thiazole rings is 1. The van der Waals surface area contributed by atoms with Crippen molar-refractivity contribution in [1.29, 1.82) is 0 Å². The molecule has 0 aliphatic carbocycles. The minimum absolute atomic E-state index is 0.386. The van der Waals surface area contributed by atoms with Crippen LogP contribution in [0.1, 0.15) is 20.9 Å². The molecule has 2 heterocycles. The summed E-state index contributed by atoms with van der Waals surface area (Å²) in [6, 6.07) is 5.17. The quantitative estimate of drug-likeness (QED) is 0.589. The maximum absolute atomic E-state index is 11.6. The molecule has 0 fully saturated rings. The molecule has 0 bridgehead atoms. The van der Waals surface area contributed by atoms with Gasteiger partial charge in [-0.25, -0.2) is 14.1 Å². The monoisotopic (exact) mass is 415 g/mol. The number of ether oxygens (including phenoxy) is 2. The summed E-state index contributed by atoms with van der Waals surface area (Å²) < 4.78 is 16.4. The average molecular weight is 416 g/mol. The molecule has 0 radical (unpaired) electrons. The minimum atomic E-state index is -0.386. The number of rotatable bonds is 5. The molecule has 3 rings (SSSR count). The fraction of sp³-hybridized carbons (Fsp3) is 0.286. The molecule has 0 saturated carbocycles. The molecule has 1 aliphatic rings. The number of hydrogen-bond donors (Lipinski definition) is 1. The first kappa shape index (κ1) is 16.6. The first-order valence-corrected chi connectivity index (χ1v) is 9.07. The molecule has 1 aliphatic heterocycles. The van der Waals surface area contributed by atoms with Crippen LogP contribution in [0.25, 0.3) is 0 Å². The predicted octanol–water partition coefficient (Wildman–Crippen LogP) is 3.69. The van der Waals surface area contributed by atoms with E-state index in [1.807, 2.05) is 0 Å². The van der Waals surface area contributed by atoms with Crippen LogP contribution in [0.4, 0.5) is 5.69 Å². The van der Waals surface area contributed by atoms with Gasteiger partial charge in [-0.15, -0.1) is 11.3 Å². The average Bonchev–Trinajstić information content (AvgIpc) is 3.08. The van der Waals surface area contributed by atoms with Crippen LogP contribution in [0, 0.1) is 0 Å². The molecule has 1 N–H and O–H groups in total. The summed E-state index contributed by atoms with van der Waals surface area (Å²) in [7, 11) is 2.93. The van der Waals surface area contributed by atoms with Gasteiger partial charge in [0.05, 0.1) is 37.7 Å². The molecular weight excluding hydrogens is 402 g/mol. The predicted molar refractivity (Wildman–Crippen MR) is 94.6 cm³/mol. The van der Waals surface area contributed by atoms with E-state index in [9.17, 15) is 4.79 Å². The molecule has 0 amide bonds. The van der Waals surface area contributed by atoms with Crippen molar-refractivity contribution in [2.75, 3.05) is 18.9 Å². The minimum Gasteiger partial charge on any atom is -0.495 e. The van der Waals surface area contributed by atoms with Crippen LogP contribution < -0.4 is 9.46 Å². The van der Waals surface area contributed by atoms with Crippen molar-refractivity contribution >= 4 is 51.1 Å². The number of halogens is 1. The number of nitrogens with one attached hydrogen (secondary N) is 1. The maximum Gasteiger partial charge on any atom is 0.337 e. The summed E-state index contributed by atoms with van der Waals surface area (Å²) in [5.74, 6) is 0.207. The second-order valence-corrected chi connectivity index (χ2v) is 8.00. The number of fused-ring (bicyclic) bond motifs is 1. The number of anilines is 1. The Bertz CT molecular complexity index is 715. The highest BCUT2D eigenvalue weighted by Crippen LogP contribution is 2.36. The zero-order chi connectivity index (χ0) is 16.4. The van der Waals surface area contributed by atoms with Crippen molar-refractivity contribution in [3.05, 3.63) is 38.3 Å². The molecule has 9 heteroatoms. The van der Waals surface area contributed by atoms with Crippen molar-refractivity contribution in [2.24, 2.45) is 0 Å². The molecule has 1 aromatic heterocycles. The van der Waals surface area contributed by atoms with Gasteiger partial charge in [0.2, 0.25) is 0 Å². The zero-order valence-corrected chi connectivity index (χ0v) is 15.7. The normalized spacial score (nSPS) is 13.7. The summed E-state index contributed by atoms with van der Waals surface area (Å²) >= 11 is 6.57. The number of methoxy groups -OCH3 is 2. The third-order valence-electron chi connectivity index (χ3n) is 3.31. The lowest BCUT2D eigenvalue weighted by molar-refractivity contribution is 0.0600. The van der Waals surface area contributed by atoms with Gasteiger partial charge in [-0.1, -0.05) is 0 Å². The molecule has 0 unspecified atom stereocenters. The number of carbonyl (C=O) groups is 1. The molecule has 1 aromatic carbocycles. The third-order valence-corrected chi connectivity index (χ3v) is 5.67. The Morgan fingerprint density at radius 1 is 1.43 bits per heavy atom. The molecule has 0 spiro atoms. The highest BCUT2D eigenvalue weighted by atomic mass is 79.9. The lowest BCUT2D eigenvalue weighted by Crippen LogP contribution is -2.10. The van der Waals surface area contributed by atoms with E-state index in [0.717, 1.165) is 28.4 Å². The van der Waals surface area contributed by atoms with Crippen molar-refractivity contribution in [1.82, 2.24) is 9.29 Å². The molecule has 23 heavy (non-hydrogen) atoms. The summed E-state index contributed by atoms with van der Waals surface area (Å²) in [6.07, 6.45) is 0. The Kier molecular flexibility index (Phi) is 5.10.